The zero-order valence-electron chi connectivity index (χ0n) is 11.5. The highest BCUT2D eigenvalue weighted by molar-refractivity contribution is 5.81. The molecule has 1 rings (SSSR count). The van der Waals surface area contributed by atoms with Crippen LogP contribution in [0.25, 0.3) is 0 Å². The maximum atomic E-state index is 12.4. The van der Waals surface area contributed by atoms with Crippen molar-refractivity contribution < 1.29 is 4.79 Å². The molecule has 0 bridgehead atoms. The fraction of sp³-hybridized carbons (Fsp3) is 0.929. The molecule has 1 amide bonds. The van der Waals surface area contributed by atoms with Gasteiger partial charge < -0.3 is 10.2 Å². The molecule has 1 unspecified atom stereocenters. The van der Waals surface area contributed by atoms with Gasteiger partial charge in [0.2, 0.25) is 5.91 Å². The molecule has 0 aromatic heterocycles. The van der Waals surface area contributed by atoms with E-state index in [0.29, 0.717) is 5.91 Å². The Balaban J connectivity index is 2.50. The van der Waals surface area contributed by atoms with Crippen molar-refractivity contribution in [3.05, 3.63) is 0 Å². The van der Waals surface area contributed by atoms with Crippen LogP contribution in [0.1, 0.15) is 58.8 Å². The summed E-state index contributed by atoms with van der Waals surface area (Å²) in [5, 5.41) is 3.43. The minimum absolute atomic E-state index is 0.0772. The van der Waals surface area contributed by atoms with E-state index in [1.807, 2.05) is 4.90 Å². The van der Waals surface area contributed by atoms with Crippen LogP contribution in [0.2, 0.25) is 0 Å². The molecule has 0 aromatic carbocycles. The largest absolute Gasteiger partial charge is 0.341 e. The molecule has 100 valence electrons. The minimum atomic E-state index is 0.0772. The Labute approximate surface area is 106 Å². The number of nitrogens with one attached hydrogen (secondary N) is 1. The molecule has 3 nitrogen and oxygen atoms in total. The van der Waals surface area contributed by atoms with Crippen LogP contribution in [-0.4, -0.2) is 36.5 Å². The van der Waals surface area contributed by atoms with Gasteiger partial charge in [-0.05, 0) is 32.2 Å². The molecule has 1 saturated heterocycles. The van der Waals surface area contributed by atoms with Crippen LogP contribution in [-0.2, 0) is 4.79 Å². The topological polar surface area (TPSA) is 32.3 Å². The standard InChI is InChI=1S/C14H28N2O/c1-3-11-16(12-4-2)14(17)13-9-7-5-6-8-10-15-13/h13,15H,3-12H2,1-2H3. The van der Waals surface area contributed by atoms with Crippen molar-refractivity contribution in [1.29, 1.82) is 0 Å². The monoisotopic (exact) mass is 240 g/mol. The number of amides is 1. The second-order valence-corrected chi connectivity index (χ2v) is 5.03. The molecule has 0 spiro atoms. The van der Waals surface area contributed by atoms with E-state index in [-0.39, 0.29) is 6.04 Å². The van der Waals surface area contributed by atoms with E-state index in [4.69, 9.17) is 0 Å². The summed E-state index contributed by atoms with van der Waals surface area (Å²) in [6, 6.07) is 0.0772. The molecule has 1 aliphatic rings. The van der Waals surface area contributed by atoms with Crippen LogP contribution >= 0.6 is 0 Å². The van der Waals surface area contributed by atoms with Gasteiger partial charge >= 0.3 is 0 Å². The van der Waals surface area contributed by atoms with Crippen LogP contribution in [0.15, 0.2) is 0 Å². The summed E-state index contributed by atoms with van der Waals surface area (Å²) >= 11 is 0. The molecule has 1 N–H and O–H groups in total. The van der Waals surface area contributed by atoms with Gasteiger partial charge in [0.15, 0.2) is 0 Å². The average molecular weight is 240 g/mol. The summed E-state index contributed by atoms with van der Waals surface area (Å²) in [5.74, 6) is 0.329. The summed E-state index contributed by atoms with van der Waals surface area (Å²) in [7, 11) is 0. The maximum Gasteiger partial charge on any atom is 0.239 e. The lowest BCUT2D eigenvalue weighted by atomic mass is 10.0. The Morgan fingerprint density at radius 3 is 2.41 bits per heavy atom. The van der Waals surface area contributed by atoms with Crippen molar-refractivity contribution in [2.45, 2.75) is 64.8 Å². The molecule has 0 aliphatic carbocycles. The molecule has 1 atom stereocenters. The van der Waals surface area contributed by atoms with Gasteiger partial charge in [-0.15, -0.1) is 0 Å². The van der Waals surface area contributed by atoms with Gasteiger partial charge in [-0.25, -0.2) is 0 Å². The number of hydrogen-bond donors (Lipinski definition) is 1. The zero-order valence-corrected chi connectivity index (χ0v) is 11.5. The van der Waals surface area contributed by atoms with E-state index >= 15 is 0 Å². The first-order valence-electron chi connectivity index (χ1n) is 7.31. The minimum Gasteiger partial charge on any atom is -0.341 e. The van der Waals surface area contributed by atoms with Gasteiger partial charge in [-0.1, -0.05) is 33.1 Å². The first-order chi connectivity index (χ1) is 8.29. The number of hydrogen-bond acceptors (Lipinski definition) is 2. The Morgan fingerprint density at radius 2 is 1.76 bits per heavy atom. The summed E-state index contributed by atoms with van der Waals surface area (Å²) in [5.41, 5.74) is 0. The van der Waals surface area contributed by atoms with Gasteiger partial charge in [0, 0.05) is 13.1 Å². The third kappa shape index (κ3) is 5.07. The first kappa shape index (κ1) is 14.5. The zero-order chi connectivity index (χ0) is 12.5. The predicted molar refractivity (Wildman–Crippen MR) is 72.0 cm³/mol. The molecule has 0 saturated carbocycles. The quantitative estimate of drug-likeness (QED) is 0.801. The van der Waals surface area contributed by atoms with E-state index in [1.54, 1.807) is 0 Å². The van der Waals surface area contributed by atoms with Gasteiger partial charge in [0.1, 0.15) is 0 Å². The van der Waals surface area contributed by atoms with Crippen molar-refractivity contribution in [2.75, 3.05) is 19.6 Å². The summed E-state index contributed by atoms with van der Waals surface area (Å²) in [6.07, 6.45) is 8.12. The molecule has 1 heterocycles. The Morgan fingerprint density at radius 1 is 1.12 bits per heavy atom. The maximum absolute atomic E-state index is 12.4. The highest BCUT2D eigenvalue weighted by Crippen LogP contribution is 2.12. The van der Waals surface area contributed by atoms with Crippen LogP contribution in [0.3, 0.4) is 0 Å². The van der Waals surface area contributed by atoms with Gasteiger partial charge in [-0.2, -0.15) is 0 Å². The highest BCUT2D eigenvalue weighted by Gasteiger charge is 2.23. The summed E-state index contributed by atoms with van der Waals surface area (Å²) < 4.78 is 0. The molecule has 0 aromatic rings. The van der Waals surface area contributed by atoms with Crippen molar-refractivity contribution >= 4 is 5.91 Å². The van der Waals surface area contributed by atoms with E-state index in [0.717, 1.165) is 38.9 Å². The normalized spacial score (nSPS) is 21.6. The average Bonchev–Trinajstić information content (AvgIpc) is 2.27. The van der Waals surface area contributed by atoms with E-state index < -0.39 is 0 Å². The fourth-order valence-electron chi connectivity index (χ4n) is 2.51. The molecule has 1 aliphatic heterocycles. The fourth-order valence-corrected chi connectivity index (χ4v) is 2.51. The second-order valence-electron chi connectivity index (χ2n) is 5.03. The Hall–Kier alpha value is -0.570. The third-order valence-electron chi connectivity index (χ3n) is 3.41. The van der Waals surface area contributed by atoms with Crippen LogP contribution in [0, 0.1) is 0 Å². The lowest BCUT2D eigenvalue weighted by Gasteiger charge is -2.28. The SMILES string of the molecule is CCCN(CCC)C(=O)C1CCCCCCN1. The number of carbonyl (C=O) groups is 1. The van der Waals surface area contributed by atoms with E-state index in [2.05, 4.69) is 19.2 Å². The van der Waals surface area contributed by atoms with Gasteiger partial charge in [-0.3, -0.25) is 4.79 Å². The smallest absolute Gasteiger partial charge is 0.239 e. The highest BCUT2D eigenvalue weighted by atomic mass is 16.2. The van der Waals surface area contributed by atoms with Crippen molar-refractivity contribution in [3.63, 3.8) is 0 Å². The van der Waals surface area contributed by atoms with Crippen molar-refractivity contribution in [2.24, 2.45) is 0 Å². The number of carbonyl (C=O) groups excluding carboxylic acids is 1. The summed E-state index contributed by atoms with van der Waals surface area (Å²) in [4.78, 5) is 14.4. The molecular weight excluding hydrogens is 212 g/mol. The third-order valence-corrected chi connectivity index (χ3v) is 3.41. The molecular formula is C14H28N2O. The molecule has 3 heteroatoms. The van der Waals surface area contributed by atoms with Gasteiger partial charge in [0.05, 0.1) is 6.04 Å². The number of nitrogens with zero attached hydrogens (tertiary/aromatic N) is 1. The van der Waals surface area contributed by atoms with Crippen LogP contribution < -0.4 is 5.32 Å². The number of rotatable bonds is 5. The molecule has 17 heavy (non-hydrogen) atoms. The van der Waals surface area contributed by atoms with E-state index in [1.165, 1.54) is 25.7 Å². The van der Waals surface area contributed by atoms with E-state index in [9.17, 15) is 4.79 Å². The lowest BCUT2D eigenvalue weighted by Crippen LogP contribution is -2.47. The van der Waals surface area contributed by atoms with Crippen LogP contribution in [0.5, 0.6) is 0 Å². The summed E-state index contributed by atoms with van der Waals surface area (Å²) in [6.45, 7) is 7.10. The second kappa shape index (κ2) is 8.51. The Kier molecular flexibility index (Phi) is 7.25. The molecule has 0 radical (unpaired) electrons. The van der Waals surface area contributed by atoms with Crippen molar-refractivity contribution in [1.82, 2.24) is 10.2 Å². The molecule has 1 fully saturated rings. The lowest BCUT2D eigenvalue weighted by molar-refractivity contribution is -0.133. The first-order valence-corrected chi connectivity index (χ1v) is 7.31. The Bertz CT molecular complexity index is 204. The van der Waals surface area contributed by atoms with Gasteiger partial charge in [0.25, 0.3) is 0 Å². The predicted octanol–water partition coefficient (Wildman–Crippen LogP) is 2.56. The van der Waals surface area contributed by atoms with Crippen LogP contribution in [0.4, 0.5) is 0 Å². The van der Waals surface area contributed by atoms with Crippen molar-refractivity contribution in [3.8, 4) is 0 Å².